The molecule has 6 heteroatoms. The Morgan fingerprint density at radius 2 is 2.14 bits per heavy atom. The van der Waals surface area contributed by atoms with Gasteiger partial charge in [0, 0.05) is 12.4 Å². The van der Waals surface area contributed by atoms with Crippen molar-refractivity contribution in [3.63, 3.8) is 0 Å². The second-order valence-electron chi connectivity index (χ2n) is 4.64. The number of amides is 1. The third-order valence-electron chi connectivity index (χ3n) is 3.19. The van der Waals surface area contributed by atoms with Gasteiger partial charge in [0.2, 0.25) is 5.91 Å². The standard InChI is InChI=1S/C15H17N3O3/c1-2-12(14-16-7-8-17-14)18-13(19)9-10-5-3-4-6-11(10)15(20)21/h3-8,12H,2,9H2,1H3,(H,16,17)(H,18,19)(H,20,21). The Morgan fingerprint density at radius 3 is 2.76 bits per heavy atom. The maximum Gasteiger partial charge on any atom is 0.335 e. The van der Waals surface area contributed by atoms with Crippen molar-refractivity contribution >= 4 is 11.9 Å². The van der Waals surface area contributed by atoms with E-state index in [-0.39, 0.29) is 23.9 Å². The number of hydrogen-bond donors (Lipinski definition) is 3. The lowest BCUT2D eigenvalue weighted by atomic mass is 10.0. The summed E-state index contributed by atoms with van der Waals surface area (Å²) in [5.41, 5.74) is 0.649. The number of carboxylic acids is 1. The predicted octanol–water partition coefficient (Wildman–Crippen LogP) is 1.92. The fourth-order valence-corrected chi connectivity index (χ4v) is 2.13. The number of rotatable bonds is 6. The molecule has 1 amide bonds. The first-order valence-corrected chi connectivity index (χ1v) is 6.71. The highest BCUT2D eigenvalue weighted by molar-refractivity contribution is 5.91. The Labute approximate surface area is 122 Å². The van der Waals surface area contributed by atoms with E-state index in [0.29, 0.717) is 17.8 Å². The first-order chi connectivity index (χ1) is 10.1. The van der Waals surface area contributed by atoms with Gasteiger partial charge in [0.1, 0.15) is 5.82 Å². The maximum absolute atomic E-state index is 12.1. The first-order valence-electron chi connectivity index (χ1n) is 6.71. The van der Waals surface area contributed by atoms with Gasteiger partial charge in [-0.2, -0.15) is 0 Å². The fraction of sp³-hybridized carbons (Fsp3) is 0.267. The number of imidazole rings is 1. The summed E-state index contributed by atoms with van der Waals surface area (Å²) in [4.78, 5) is 30.3. The number of aromatic nitrogens is 2. The Morgan fingerprint density at radius 1 is 1.38 bits per heavy atom. The van der Waals surface area contributed by atoms with Gasteiger partial charge in [-0.1, -0.05) is 25.1 Å². The van der Waals surface area contributed by atoms with Gasteiger partial charge in [-0.25, -0.2) is 9.78 Å². The van der Waals surface area contributed by atoms with E-state index in [9.17, 15) is 9.59 Å². The van der Waals surface area contributed by atoms with Crippen LogP contribution in [0.5, 0.6) is 0 Å². The van der Waals surface area contributed by atoms with Crippen molar-refractivity contribution in [1.82, 2.24) is 15.3 Å². The highest BCUT2D eigenvalue weighted by Gasteiger charge is 2.17. The lowest BCUT2D eigenvalue weighted by Crippen LogP contribution is -2.30. The molecule has 2 aromatic rings. The van der Waals surface area contributed by atoms with E-state index in [4.69, 9.17) is 5.11 Å². The molecule has 1 atom stereocenters. The number of carbonyl (C=O) groups is 2. The van der Waals surface area contributed by atoms with Crippen LogP contribution >= 0.6 is 0 Å². The van der Waals surface area contributed by atoms with E-state index in [1.54, 1.807) is 30.6 Å². The van der Waals surface area contributed by atoms with Gasteiger partial charge >= 0.3 is 5.97 Å². The van der Waals surface area contributed by atoms with Gasteiger partial charge in [-0.3, -0.25) is 4.79 Å². The molecule has 0 bridgehead atoms. The molecule has 21 heavy (non-hydrogen) atoms. The van der Waals surface area contributed by atoms with Crippen LogP contribution in [0.2, 0.25) is 0 Å². The van der Waals surface area contributed by atoms with Crippen LogP contribution in [0.3, 0.4) is 0 Å². The van der Waals surface area contributed by atoms with E-state index >= 15 is 0 Å². The minimum Gasteiger partial charge on any atom is -0.478 e. The molecule has 0 fully saturated rings. The third-order valence-corrected chi connectivity index (χ3v) is 3.19. The molecule has 3 N–H and O–H groups in total. The first kappa shape index (κ1) is 14.8. The predicted molar refractivity (Wildman–Crippen MR) is 76.9 cm³/mol. The molecule has 0 saturated heterocycles. The Bertz CT molecular complexity index is 623. The van der Waals surface area contributed by atoms with Crippen LogP contribution in [-0.4, -0.2) is 27.0 Å². The summed E-state index contributed by atoms with van der Waals surface area (Å²) in [6, 6.07) is 6.30. The zero-order chi connectivity index (χ0) is 15.2. The van der Waals surface area contributed by atoms with Crippen molar-refractivity contribution in [3.05, 3.63) is 53.6 Å². The molecular formula is C15H17N3O3. The molecule has 1 heterocycles. The van der Waals surface area contributed by atoms with Gasteiger partial charge in [0.25, 0.3) is 0 Å². The number of carbonyl (C=O) groups excluding carboxylic acids is 1. The molecule has 0 aliphatic heterocycles. The van der Waals surface area contributed by atoms with Crippen LogP contribution in [0.1, 0.15) is 41.1 Å². The van der Waals surface area contributed by atoms with Gasteiger partial charge in [-0.05, 0) is 18.1 Å². The van der Waals surface area contributed by atoms with E-state index in [1.165, 1.54) is 6.07 Å². The monoisotopic (exact) mass is 287 g/mol. The number of benzene rings is 1. The second kappa shape index (κ2) is 6.69. The molecule has 0 radical (unpaired) electrons. The lowest BCUT2D eigenvalue weighted by Gasteiger charge is -2.15. The Hall–Kier alpha value is -2.63. The van der Waals surface area contributed by atoms with Gasteiger partial charge in [0.05, 0.1) is 18.0 Å². The smallest absolute Gasteiger partial charge is 0.335 e. The van der Waals surface area contributed by atoms with Crippen LogP contribution < -0.4 is 5.32 Å². The molecular weight excluding hydrogens is 270 g/mol. The van der Waals surface area contributed by atoms with E-state index in [2.05, 4.69) is 15.3 Å². The topological polar surface area (TPSA) is 95.1 Å². The number of aromatic carboxylic acids is 1. The maximum atomic E-state index is 12.1. The Kier molecular flexibility index (Phi) is 4.71. The quantitative estimate of drug-likeness (QED) is 0.756. The second-order valence-corrected chi connectivity index (χ2v) is 4.64. The zero-order valence-corrected chi connectivity index (χ0v) is 11.7. The number of nitrogens with one attached hydrogen (secondary N) is 2. The third kappa shape index (κ3) is 3.68. The molecule has 1 aromatic carbocycles. The molecule has 6 nitrogen and oxygen atoms in total. The number of aromatic amines is 1. The highest BCUT2D eigenvalue weighted by Crippen LogP contribution is 2.13. The summed E-state index contributed by atoms with van der Waals surface area (Å²) in [5.74, 6) is -0.569. The Balaban J connectivity index is 2.07. The van der Waals surface area contributed by atoms with Crippen molar-refractivity contribution in [2.75, 3.05) is 0 Å². The minimum absolute atomic E-state index is 0.0275. The summed E-state index contributed by atoms with van der Waals surface area (Å²) >= 11 is 0. The van der Waals surface area contributed by atoms with Crippen LogP contribution in [0.15, 0.2) is 36.7 Å². The lowest BCUT2D eigenvalue weighted by molar-refractivity contribution is -0.121. The van der Waals surface area contributed by atoms with E-state index in [0.717, 1.165) is 0 Å². The fourth-order valence-electron chi connectivity index (χ4n) is 2.13. The van der Waals surface area contributed by atoms with Gasteiger partial charge in [-0.15, -0.1) is 0 Å². The number of hydrogen-bond acceptors (Lipinski definition) is 3. The summed E-state index contributed by atoms with van der Waals surface area (Å²) in [6.45, 7) is 1.94. The number of nitrogens with zero attached hydrogens (tertiary/aromatic N) is 1. The van der Waals surface area contributed by atoms with Crippen molar-refractivity contribution in [1.29, 1.82) is 0 Å². The summed E-state index contributed by atoms with van der Waals surface area (Å²) in [5, 5.41) is 12.0. The number of carboxylic acid groups (broad SMARTS) is 1. The normalized spacial score (nSPS) is 11.9. The minimum atomic E-state index is -1.03. The highest BCUT2D eigenvalue weighted by atomic mass is 16.4. The van der Waals surface area contributed by atoms with Crippen LogP contribution in [-0.2, 0) is 11.2 Å². The van der Waals surface area contributed by atoms with E-state index < -0.39 is 5.97 Å². The average molecular weight is 287 g/mol. The van der Waals surface area contributed by atoms with E-state index in [1.807, 2.05) is 6.92 Å². The van der Waals surface area contributed by atoms with Crippen molar-refractivity contribution in [3.8, 4) is 0 Å². The molecule has 0 aliphatic carbocycles. The van der Waals surface area contributed by atoms with Crippen molar-refractivity contribution in [2.24, 2.45) is 0 Å². The van der Waals surface area contributed by atoms with Crippen molar-refractivity contribution in [2.45, 2.75) is 25.8 Å². The molecule has 1 unspecified atom stereocenters. The molecule has 0 spiro atoms. The SMILES string of the molecule is CCC(NC(=O)Cc1ccccc1C(=O)O)c1ncc[nH]1. The largest absolute Gasteiger partial charge is 0.478 e. The van der Waals surface area contributed by atoms with Crippen molar-refractivity contribution < 1.29 is 14.7 Å². The van der Waals surface area contributed by atoms with Gasteiger partial charge < -0.3 is 15.4 Å². The molecule has 2 rings (SSSR count). The molecule has 0 saturated carbocycles. The summed E-state index contributed by atoms with van der Waals surface area (Å²) in [7, 11) is 0. The number of H-pyrrole nitrogens is 1. The zero-order valence-electron chi connectivity index (χ0n) is 11.7. The van der Waals surface area contributed by atoms with Crippen LogP contribution in [0.25, 0.3) is 0 Å². The molecule has 0 aliphatic rings. The molecule has 1 aromatic heterocycles. The summed E-state index contributed by atoms with van der Waals surface area (Å²) in [6.07, 6.45) is 4.05. The molecule has 110 valence electrons. The van der Waals surface area contributed by atoms with Crippen LogP contribution in [0.4, 0.5) is 0 Å². The summed E-state index contributed by atoms with van der Waals surface area (Å²) < 4.78 is 0. The van der Waals surface area contributed by atoms with Crippen LogP contribution in [0, 0.1) is 0 Å². The average Bonchev–Trinajstić information content (AvgIpc) is 2.99. The van der Waals surface area contributed by atoms with Gasteiger partial charge in [0.15, 0.2) is 0 Å².